The lowest BCUT2D eigenvalue weighted by molar-refractivity contribution is -0.136. The molecule has 2 aliphatic carbocycles. The van der Waals surface area contributed by atoms with Crippen LogP contribution in [0.25, 0.3) is 0 Å². The van der Waals surface area contributed by atoms with Gasteiger partial charge in [-0.05, 0) is 44.9 Å². The van der Waals surface area contributed by atoms with Crippen LogP contribution < -0.4 is 0 Å². The Morgan fingerprint density at radius 2 is 1.50 bits per heavy atom. The van der Waals surface area contributed by atoms with Gasteiger partial charge in [-0.1, -0.05) is 36.8 Å². The van der Waals surface area contributed by atoms with Crippen molar-refractivity contribution in [3.8, 4) is 0 Å². The van der Waals surface area contributed by atoms with Crippen LogP contribution in [0.15, 0.2) is 22.3 Å². The summed E-state index contributed by atoms with van der Waals surface area (Å²) in [7, 11) is 0. The van der Waals surface area contributed by atoms with Crippen molar-refractivity contribution in [1.29, 1.82) is 0 Å². The molecule has 0 spiro atoms. The van der Waals surface area contributed by atoms with Gasteiger partial charge in [-0.2, -0.15) is 0 Å². The summed E-state index contributed by atoms with van der Waals surface area (Å²) in [6.45, 7) is 3.94. The fraction of sp³-hybridized carbons (Fsp3) is 0.667. The Kier molecular flexibility index (Phi) is 5.43. The highest BCUT2D eigenvalue weighted by Gasteiger charge is 2.35. The van der Waals surface area contributed by atoms with E-state index in [1.165, 1.54) is 12.8 Å². The Morgan fingerprint density at radius 1 is 0.909 bits per heavy atom. The van der Waals surface area contributed by atoms with E-state index in [0.717, 1.165) is 36.8 Å². The number of hydrogen-bond acceptors (Lipinski definition) is 2. The first-order valence-electron chi connectivity index (χ1n) is 8.26. The van der Waals surface area contributed by atoms with Gasteiger partial charge in [0.2, 0.25) is 0 Å². The lowest BCUT2D eigenvalue weighted by Gasteiger charge is -2.27. The molecule has 122 valence electrons. The highest BCUT2D eigenvalue weighted by Crippen LogP contribution is 2.41. The van der Waals surface area contributed by atoms with E-state index < -0.39 is 11.9 Å². The number of aliphatic carboxylic acids is 2. The predicted molar refractivity (Wildman–Crippen MR) is 84.6 cm³/mol. The molecule has 0 aromatic rings. The summed E-state index contributed by atoms with van der Waals surface area (Å²) in [5.41, 5.74) is 2.42. The largest absolute Gasteiger partial charge is 0.478 e. The predicted octanol–water partition coefficient (Wildman–Crippen LogP) is 4.17. The van der Waals surface area contributed by atoms with Gasteiger partial charge in [0.05, 0.1) is 11.1 Å². The smallest absolute Gasteiger partial charge is 0.332 e. The fourth-order valence-electron chi connectivity index (χ4n) is 3.94. The summed E-state index contributed by atoms with van der Waals surface area (Å²) in [6.07, 6.45) is 7.63. The first kappa shape index (κ1) is 16.8. The van der Waals surface area contributed by atoms with E-state index in [9.17, 15) is 19.8 Å². The van der Waals surface area contributed by atoms with Crippen LogP contribution in [0.3, 0.4) is 0 Å². The van der Waals surface area contributed by atoms with Gasteiger partial charge in [-0.3, -0.25) is 0 Å². The van der Waals surface area contributed by atoms with Crippen LogP contribution in [0.1, 0.15) is 65.2 Å². The molecule has 22 heavy (non-hydrogen) atoms. The first-order valence-corrected chi connectivity index (χ1v) is 8.26. The van der Waals surface area contributed by atoms with E-state index in [2.05, 4.69) is 0 Å². The molecule has 0 amide bonds. The van der Waals surface area contributed by atoms with Gasteiger partial charge in [0.25, 0.3) is 0 Å². The molecule has 2 rings (SSSR count). The highest BCUT2D eigenvalue weighted by atomic mass is 16.4. The van der Waals surface area contributed by atoms with Gasteiger partial charge in [-0.15, -0.1) is 0 Å². The van der Waals surface area contributed by atoms with Crippen LogP contribution in [-0.4, -0.2) is 22.2 Å². The van der Waals surface area contributed by atoms with Gasteiger partial charge in [0, 0.05) is 6.42 Å². The van der Waals surface area contributed by atoms with Crippen LogP contribution >= 0.6 is 0 Å². The molecule has 0 aliphatic heterocycles. The van der Waals surface area contributed by atoms with Gasteiger partial charge < -0.3 is 10.2 Å². The van der Waals surface area contributed by atoms with Gasteiger partial charge in [0.15, 0.2) is 0 Å². The first-order chi connectivity index (χ1) is 10.4. The molecule has 0 saturated heterocycles. The topological polar surface area (TPSA) is 74.6 Å². The van der Waals surface area contributed by atoms with Gasteiger partial charge >= 0.3 is 11.9 Å². The second-order valence-corrected chi connectivity index (χ2v) is 6.80. The fourth-order valence-corrected chi connectivity index (χ4v) is 3.94. The maximum absolute atomic E-state index is 11.8. The second kappa shape index (κ2) is 7.12. The molecule has 1 saturated carbocycles. The van der Waals surface area contributed by atoms with Crippen molar-refractivity contribution in [3.05, 3.63) is 22.3 Å². The second-order valence-electron chi connectivity index (χ2n) is 6.80. The van der Waals surface area contributed by atoms with E-state index in [4.69, 9.17) is 0 Å². The van der Waals surface area contributed by atoms with Gasteiger partial charge in [-0.25, -0.2) is 9.59 Å². The number of rotatable bonds is 3. The zero-order chi connectivity index (χ0) is 16.3. The van der Waals surface area contributed by atoms with Crippen molar-refractivity contribution in [1.82, 2.24) is 0 Å². The summed E-state index contributed by atoms with van der Waals surface area (Å²) in [6, 6.07) is 0. The minimum absolute atomic E-state index is 0.0936. The zero-order valence-corrected chi connectivity index (χ0v) is 13.5. The van der Waals surface area contributed by atoms with Crippen LogP contribution in [0.2, 0.25) is 0 Å². The summed E-state index contributed by atoms with van der Waals surface area (Å²) in [5, 5.41) is 19.2. The van der Waals surface area contributed by atoms with E-state index in [0.29, 0.717) is 12.3 Å². The Hall–Kier alpha value is -1.58. The van der Waals surface area contributed by atoms with Crippen molar-refractivity contribution >= 4 is 11.9 Å². The lowest BCUT2D eigenvalue weighted by Crippen LogP contribution is -2.24. The Bertz CT molecular complexity index is 519. The van der Waals surface area contributed by atoms with E-state index in [1.54, 1.807) is 0 Å². The number of allylic oxidation sites excluding steroid dienone is 2. The monoisotopic (exact) mass is 306 g/mol. The van der Waals surface area contributed by atoms with Crippen LogP contribution in [0, 0.1) is 11.8 Å². The lowest BCUT2D eigenvalue weighted by atomic mass is 9.77. The van der Waals surface area contributed by atoms with Crippen molar-refractivity contribution in [3.63, 3.8) is 0 Å². The standard InChI is InChI=1S/C18H26O4/c1-11-9-14(13-7-5-3-4-6-8-13)16(18(21)22)15(17(19)20)10-12(11)2/h13-14H,3-10H2,1-2H3,(H,19,20)(H,21,22). The average Bonchev–Trinajstić information content (AvgIpc) is 2.78. The number of carboxylic acid groups (broad SMARTS) is 2. The molecule has 1 atom stereocenters. The maximum atomic E-state index is 11.8. The van der Waals surface area contributed by atoms with E-state index >= 15 is 0 Å². The van der Waals surface area contributed by atoms with Crippen LogP contribution in [0.4, 0.5) is 0 Å². The van der Waals surface area contributed by atoms with Crippen LogP contribution in [0.5, 0.6) is 0 Å². The van der Waals surface area contributed by atoms with Crippen molar-refractivity contribution in [2.75, 3.05) is 0 Å². The van der Waals surface area contributed by atoms with Gasteiger partial charge in [0.1, 0.15) is 0 Å². The van der Waals surface area contributed by atoms with E-state index in [1.807, 2.05) is 13.8 Å². The summed E-state index contributed by atoms with van der Waals surface area (Å²) >= 11 is 0. The van der Waals surface area contributed by atoms with Crippen molar-refractivity contribution in [2.24, 2.45) is 11.8 Å². The number of hydrogen-bond donors (Lipinski definition) is 2. The zero-order valence-electron chi connectivity index (χ0n) is 13.5. The average molecular weight is 306 g/mol. The molecule has 0 aromatic heterocycles. The quantitative estimate of drug-likeness (QED) is 0.606. The van der Waals surface area contributed by atoms with Crippen molar-refractivity contribution < 1.29 is 19.8 Å². The number of carboxylic acids is 2. The molecule has 0 bridgehead atoms. The Morgan fingerprint density at radius 3 is 2.00 bits per heavy atom. The minimum Gasteiger partial charge on any atom is -0.478 e. The molecular formula is C18H26O4. The van der Waals surface area contributed by atoms with Crippen molar-refractivity contribution in [2.45, 2.75) is 65.2 Å². The third-order valence-corrected chi connectivity index (χ3v) is 5.35. The van der Waals surface area contributed by atoms with Crippen LogP contribution in [-0.2, 0) is 9.59 Å². The molecule has 2 N–H and O–H groups in total. The molecule has 0 aromatic carbocycles. The molecule has 1 fully saturated rings. The Balaban J connectivity index is 2.47. The maximum Gasteiger partial charge on any atom is 0.332 e. The number of carbonyl (C=O) groups is 2. The molecule has 1 unspecified atom stereocenters. The molecule has 0 heterocycles. The van der Waals surface area contributed by atoms with E-state index in [-0.39, 0.29) is 23.5 Å². The molecule has 0 radical (unpaired) electrons. The highest BCUT2D eigenvalue weighted by molar-refractivity contribution is 5.99. The summed E-state index contributed by atoms with van der Waals surface area (Å²) in [4.78, 5) is 23.5. The molecule has 4 heteroatoms. The molecule has 2 aliphatic rings. The third kappa shape index (κ3) is 3.60. The SMILES string of the molecule is CC1=C(C)CC(C2CCCCCC2)C(C(=O)O)=C(C(=O)O)C1. The molecular weight excluding hydrogens is 280 g/mol. The normalized spacial score (nSPS) is 24.9. The summed E-state index contributed by atoms with van der Waals surface area (Å²) < 4.78 is 0. The molecule has 4 nitrogen and oxygen atoms in total. The third-order valence-electron chi connectivity index (χ3n) is 5.35. The summed E-state index contributed by atoms with van der Waals surface area (Å²) in [5.74, 6) is -1.98. The minimum atomic E-state index is -1.08. The Labute approximate surface area is 131 Å².